The number of carbonyl (C=O) groups is 2. The van der Waals surface area contributed by atoms with Gasteiger partial charge in [-0.2, -0.15) is 15.5 Å². The summed E-state index contributed by atoms with van der Waals surface area (Å²) in [6.07, 6.45) is 18.2. The minimum absolute atomic E-state index is 0.255. The van der Waals surface area contributed by atoms with Gasteiger partial charge in [0.2, 0.25) is 17.7 Å². The number of benzene rings is 1. The molecule has 4 fully saturated rings. The Morgan fingerprint density at radius 1 is 0.851 bits per heavy atom. The van der Waals surface area contributed by atoms with Gasteiger partial charge >= 0.3 is 0 Å². The highest BCUT2D eigenvalue weighted by Gasteiger charge is 2.36. The Bertz CT molecular complexity index is 2780. The number of nitrogens with zero attached hydrogens (tertiary/aromatic N) is 11. The maximum absolute atomic E-state index is 15.4. The van der Waals surface area contributed by atoms with Gasteiger partial charge in [0.05, 0.1) is 54.4 Å². The van der Waals surface area contributed by atoms with Crippen LogP contribution in [0.1, 0.15) is 68.5 Å². The minimum atomic E-state index is -0.560. The molecule has 2 amide bonds. The SMILES string of the molecule is COc1ccc(CC2(OC)CCN(c3ccc(-c4nc(-c5cnn(C6CCC(N7CCN(c8ccc(NC9CCC(=O)NC9=O)cc8F)CC7)CC6)c5)cn5ncc(C#N)c45)cn3)CC2)cn1. The largest absolute Gasteiger partial charge is 0.481 e. The lowest BCUT2D eigenvalue weighted by Gasteiger charge is -2.42. The maximum atomic E-state index is 15.4. The summed E-state index contributed by atoms with van der Waals surface area (Å²) >= 11 is 0. The summed E-state index contributed by atoms with van der Waals surface area (Å²) in [7, 11) is 3.41. The van der Waals surface area contributed by atoms with Crippen molar-refractivity contribution in [3.63, 3.8) is 0 Å². The molecule has 0 spiro atoms. The second-order valence-electron chi connectivity index (χ2n) is 18.1. The number of anilines is 3. The van der Waals surface area contributed by atoms with Gasteiger partial charge in [-0.3, -0.25) is 24.5 Å². The van der Waals surface area contributed by atoms with Gasteiger partial charge in [0.15, 0.2) is 0 Å². The zero-order chi connectivity index (χ0) is 46.1. The van der Waals surface area contributed by atoms with E-state index in [1.807, 2.05) is 49.1 Å². The van der Waals surface area contributed by atoms with Gasteiger partial charge in [-0.1, -0.05) is 6.07 Å². The predicted molar refractivity (Wildman–Crippen MR) is 249 cm³/mol. The number of halogens is 1. The number of aromatic nitrogens is 7. The number of piperazine rings is 1. The van der Waals surface area contributed by atoms with Gasteiger partial charge in [-0.25, -0.2) is 23.9 Å². The molecule has 0 radical (unpaired) electrons. The molecule has 3 aliphatic heterocycles. The van der Waals surface area contributed by atoms with Crippen LogP contribution < -0.4 is 25.2 Å². The first kappa shape index (κ1) is 43.9. The van der Waals surface area contributed by atoms with E-state index in [0.29, 0.717) is 52.2 Å². The molecule has 1 unspecified atom stereocenters. The van der Waals surface area contributed by atoms with Gasteiger partial charge in [0.25, 0.3) is 0 Å². The summed E-state index contributed by atoms with van der Waals surface area (Å²) in [4.78, 5) is 45.0. The highest BCUT2D eigenvalue weighted by molar-refractivity contribution is 6.01. The zero-order valence-electron chi connectivity index (χ0n) is 37.8. The summed E-state index contributed by atoms with van der Waals surface area (Å²) in [6.45, 7) is 4.74. The van der Waals surface area contributed by atoms with Gasteiger partial charge in [-0.15, -0.1) is 0 Å². The third-order valence-electron chi connectivity index (χ3n) is 14.2. The summed E-state index contributed by atoms with van der Waals surface area (Å²) in [6, 6.07) is 15.4. The predicted octanol–water partition coefficient (Wildman–Crippen LogP) is 5.82. The Balaban J connectivity index is 0.756. The number of imide groups is 1. The summed E-state index contributed by atoms with van der Waals surface area (Å²) in [5.41, 5.74) is 5.96. The monoisotopic (exact) mass is 907 g/mol. The van der Waals surface area contributed by atoms with E-state index in [-0.39, 0.29) is 35.7 Å². The number of piperidine rings is 2. The Morgan fingerprint density at radius 2 is 1.66 bits per heavy atom. The van der Waals surface area contributed by atoms with Crippen molar-refractivity contribution < 1.29 is 23.5 Å². The summed E-state index contributed by atoms with van der Waals surface area (Å²) in [5, 5.41) is 24.8. The molecule has 5 aromatic heterocycles. The number of methoxy groups -OCH3 is 2. The lowest BCUT2D eigenvalue weighted by atomic mass is 9.85. The Morgan fingerprint density at radius 3 is 2.34 bits per heavy atom. The molecule has 1 atom stereocenters. The van der Waals surface area contributed by atoms with E-state index in [2.05, 4.69) is 52.4 Å². The Hall–Kier alpha value is -6.97. The Labute approximate surface area is 387 Å². The number of nitriles is 1. The van der Waals surface area contributed by atoms with Crippen LogP contribution in [0, 0.1) is 17.1 Å². The van der Waals surface area contributed by atoms with Crippen LogP contribution in [-0.2, 0) is 20.7 Å². The number of rotatable bonds is 12. The molecule has 1 aliphatic carbocycles. The van der Waals surface area contributed by atoms with Crippen LogP contribution in [0.2, 0.25) is 0 Å². The zero-order valence-corrected chi connectivity index (χ0v) is 37.8. The van der Waals surface area contributed by atoms with Crippen LogP contribution in [0.5, 0.6) is 5.88 Å². The molecule has 2 N–H and O–H groups in total. The van der Waals surface area contributed by atoms with Crippen molar-refractivity contribution in [3.05, 3.63) is 96.6 Å². The van der Waals surface area contributed by atoms with Crippen LogP contribution in [0.25, 0.3) is 28.0 Å². The minimum Gasteiger partial charge on any atom is -0.481 e. The van der Waals surface area contributed by atoms with Gasteiger partial charge in [0, 0.05) is 107 Å². The molecule has 4 aliphatic rings. The molecule has 0 bridgehead atoms. The van der Waals surface area contributed by atoms with E-state index in [0.717, 1.165) is 107 Å². The molecule has 8 heterocycles. The van der Waals surface area contributed by atoms with E-state index < -0.39 is 6.04 Å². The molecule has 6 aromatic rings. The highest BCUT2D eigenvalue weighted by atomic mass is 19.1. The fourth-order valence-corrected chi connectivity index (χ4v) is 10.3. The standard InChI is InChI=1S/C49H54FN13O4/c1-66-45-14-3-32(26-53-45)24-49(67-2)15-17-61(18-16-49)43-12-4-33(27-52-43)46-47-34(25-51)28-55-63(47)31-41(57-46)35-29-54-62(30-35)38-8-6-37(7-9-38)59-19-21-60(22-20-59)42-11-5-36(23-39(42)50)56-40-10-13-44(64)58-48(40)65/h3-5,11-12,14,23,26-31,37-38,40,56H,6-10,13,15-22,24H2,1-2H3,(H,58,64,65). The normalized spacial score (nSPS) is 21.3. The van der Waals surface area contributed by atoms with Crippen molar-refractivity contribution in [2.45, 2.75) is 81.5 Å². The number of ether oxygens (including phenoxy) is 2. The first-order valence-electron chi connectivity index (χ1n) is 23.2. The average molecular weight is 908 g/mol. The Kier molecular flexibility index (Phi) is 12.3. The number of pyridine rings is 2. The van der Waals surface area contributed by atoms with E-state index in [9.17, 15) is 14.9 Å². The van der Waals surface area contributed by atoms with Crippen molar-refractivity contribution in [1.82, 2.24) is 44.6 Å². The lowest BCUT2D eigenvalue weighted by molar-refractivity contribution is -0.133. The third-order valence-corrected chi connectivity index (χ3v) is 14.2. The van der Waals surface area contributed by atoms with E-state index in [1.54, 1.807) is 37.1 Å². The molecule has 1 aromatic carbocycles. The third kappa shape index (κ3) is 9.13. The molecular formula is C49H54FN13O4. The van der Waals surface area contributed by atoms with Crippen LogP contribution in [0.15, 0.2) is 79.6 Å². The van der Waals surface area contributed by atoms with Crippen molar-refractivity contribution >= 4 is 34.5 Å². The quantitative estimate of drug-likeness (QED) is 0.140. The number of hydrogen-bond donors (Lipinski definition) is 2. The smallest absolute Gasteiger partial charge is 0.249 e. The fraction of sp³-hybridized carbons (Fsp3) is 0.429. The van der Waals surface area contributed by atoms with Gasteiger partial charge in [-0.05, 0) is 80.8 Å². The number of hydrogen-bond acceptors (Lipinski definition) is 14. The van der Waals surface area contributed by atoms with Crippen molar-refractivity contribution in [2.24, 2.45) is 0 Å². The van der Waals surface area contributed by atoms with Crippen molar-refractivity contribution in [1.29, 1.82) is 5.26 Å². The molecule has 346 valence electrons. The molecule has 3 saturated heterocycles. The van der Waals surface area contributed by atoms with Gasteiger partial charge in [0.1, 0.15) is 34.8 Å². The van der Waals surface area contributed by atoms with Crippen LogP contribution in [0.4, 0.5) is 21.6 Å². The molecule has 17 nitrogen and oxygen atoms in total. The van der Waals surface area contributed by atoms with Crippen molar-refractivity contribution in [2.75, 3.05) is 68.6 Å². The number of fused-ring (bicyclic) bond motifs is 1. The van der Waals surface area contributed by atoms with Crippen LogP contribution >= 0.6 is 0 Å². The van der Waals surface area contributed by atoms with E-state index in [1.165, 1.54) is 6.07 Å². The topological polar surface area (TPSA) is 184 Å². The first-order chi connectivity index (χ1) is 32.7. The van der Waals surface area contributed by atoms with Crippen molar-refractivity contribution in [3.8, 4) is 34.5 Å². The number of amides is 2. The highest BCUT2D eigenvalue weighted by Crippen LogP contribution is 2.36. The number of nitrogens with one attached hydrogen (secondary N) is 2. The molecule has 10 rings (SSSR count). The summed E-state index contributed by atoms with van der Waals surface area (Å²) in [5.74, 6) is 0.476. The maximum Gasteiger partial charge on any atom is 0.249 e. The van der Waals surface area contributed by atoms with Gasteiger partial charge < -0.3 is 24.6 Å². The summed E-state index contributed by atoms with van der Waals surface area (Å²) < 4.78 is 30.5. The second kappa shape index (κ2) is 18.7. The number of carbonyl (C=O) groups excluding carboxylic acids is 2. The average Bonchev–Trinajstić information content (AvgIpc) is 4.04. The van der Waals surface area contributed by atoms with Crippen LogP contribution in [0.3, 0.4) is 0 Å². The second-order valence-corrected chi connectivity index (χ2v) is 18.1. The fourth-order valence-electron chi connectivity index (χ4n) is 10.3. The lowest BCUT2D eigenvalue weighted by Crippen LogP contribution is -2.51. The van der Waals surface area contributed by atoms with Crippen LogP contribution in [-0.4, -0.2) is 122 Å². The van der Waals surface area contributed by atoms with E-state index >= 15 is 4.39 Å². The molecule has 1 saturated carbocycles. The first-order valence-corrected chi connectivity index (χ1v) is 23.2. The molecular weight excluding hydrogens is 854 g/mol. The molecule has 67 heavy (non-hydrogen) atoms. The molecule has 18 heteroatoms. The van der Waals surface area contributed by atoms with E-state index in [4.69, 9.17) is 24.5 Å².